The largest absolute Gasteiger partial charge is 0.462 e. The molecule has 3 rings (SSSR count). The molecule has 2 N–H and O–H groups in total. The molecule has 2 fully saturated rings. The van der Waals surface area contributed by atoms with Gasteiger partial charge in [0.25, 0.3) is 0 Å². The smallest absolute Gasteiger partial charge is 0.344 e. The lowest BCUT2D eigenvalue weighted by atomic mass is 9.68. The van der Waals surface area contributed by atoms with Crippen LogP contribution in [-0.4, -0.2) is 39.2 Å². The summed E-state index contributed by atoms with van der Waals surface area (Å²) in [6, 6.07) is 0. The van der Waals surface area contributed by atoms with Crippen LogP contribution in [0.2, 0.25) is 0 Å². The second kappa shape index (κ2) is 7.38. The number of hydrogen-bond donors (Lipinski definition) is 2. The van der Waals surface area contributed by atoms with E-state index in [1.807, 2.05) is 6.08 Å². The van der Waals surface area contributed by atoms with Crippen LogP contribution in [-0.2, 0) is 9.53 Å². The first-order chi connectivity index (χ1) is 11.5. The number of ether oxygens (including phenoxy) is 1. The zero-order valence-corrected chi connectivity index (χ0v) is 15.4. The van der Waals surface area contributed by atoms with Crippen LogP contribution in [0.4, 0.5) is 0 Å². The molecule has 2 saturated carbocycles. The van der Waals surface area contributed by atoms with E-state index in [0.29, 0.717) is 11.5 Å². The maximum atomic E-state index is 12.2. The predicted molar refractivity (Wildman–Crippen MR) is 95.7 cm³/mol. The molecule has 5 heteroatoms. The van der Waals surface area contributed by atoms with E-state index in [1.165, 1.54) is 11.8 Å². The summed E-state index contributed by atoms with van der Waals surface area (Å²) in [5, 5.41) is 22.5. The number of rotatable bonds is 4. The van der Waals surface area contributed by atoms with Crippen molar-refractivity contribution >= 4 is 17.7 Å². The summed E-state index contributed by atoms with van der Waals surface area (Å²) in [6.45, 7) is 2.15. The lowest BCUT2D eigenvalue weighted by Gasteiger charge is -2.46. The SMILES string of the molecule is CCOC(=O)C1=C[C@H](C2(O)CCCCC2)[C@@H](C2(O)CCCCC2)S1. The molecule has 136 valence electrons. The average Bonchev–Trinajstić information content (AvgIpc) is 3.04. The second-order valence-electron chi connectivity index (χ2n) is 7.64. The molecule has 0 aromatic carbocycles. The van der Waals surface area contributed by atoms with Crippen molar-refractivity contribution in [2.24, 2.45) is 5.92 Å². The number of carbonyl (C=O) groups excluding carboxylic acids is 1. The van der Waals surface area contributed by atoms with Crippen LogP contribution >= 0.6 is 11.8 Å². The first-order valence-electron chi connectivity index (χ1n) is 9.49. The molecular weight excluding hydrogens is 324 g/mol. The zero-order chi connectivity index (χ0) is 17.2. The molecule has 2 atom stereocenters. The summed E-state index contributed by atoms with van der Waals surface area (Å²) in [5.41, 5.74) is -1.58. The van der Waals surface area contributed by atoms with Gasteiger partial charge in [0, 0.05) is 11.2 Å². The van der Waals surface area contributed by atoms with Crippen molar-refractivity contribution in [1.82, 2.24) is 0 Å². The third kappa shape index (κ3) is 3.54. The van der Waals surface area contributed by atoms with Gasteiger partial charge in [-0.3, -0.25) is 0 Å². The highest BCUT2D eigenvalue weighted by Crippen LogP contribution is 2.53. The van der Waals surface area contributed by atoms with Crippen LogP contribution in [0.5, 0.6) is 0 Å². The molecule has 2 aliphatic carbocycles. The Bertz CT molecular complexity index is 490. The number of carbonyl (C=O) groups is 1. The van der Waals surface area contributed by atoms with Crippen LogP contribution in [0.15, 0.2) is 11.0 Å². The third-order valence-corrected chi connectivity index (χ3v) is 7.52. The Morgan fingerprint density at radius 1 is 1.08 bits per heavy atom. The quantitative estimate of drug-likeness (QED) is 0.756. The number of esters is 1. The minimum atomic E-state index is -0.794. The summed E-state index contributed by atoms with van der Waals surface area (Å²) >= 11 is 1.44. The molecule has 3 aliphatic rings. The fourth-order valence-electron chi connectivity index (χ4n) is 4.64. The van der Waals surface area contributed by atoms with Crippen molar-refractivity contribution in [2.75, 3.05) is 6.61 Å². The summed E-state index contributed by atoms with van der Waals surface area (Å²) in [4.78, 5) is 12.8. The number of aliphatic hydroxyl groups is 2. The standard InChI is InChI=1S/C19H30O4S/c1-2-23-17(20)15-13-14(18(21)9-5-3-6-10-18)16(24-15)19(22)11-7-4-8-12-19/h13-14,16,21-22H,2-12H2,1H3/t14-,16-/m0/s1. The van der Waals surface area contributed by atoms with Crippen molar-refractivity contribution in [1.29, 1.82) is 0 Å². The number of thioether (sulfide) groups is 1. The van der Waals surface area contributed by atoms with Crippen LogP contribution < -0.4 is 0 Å². The number of hydrogen-bond acceptors (Lipinski definition) is 5. The van der Waals surface area contributed by atoms with Gasteiger partial charge in [0.05, 0.1) is 22.7 Å². The van der Waals surface area contributed by atoms with Gasteiger partial charge in [-0.25, -0.2) is 4.79 Å². The topological polar surface area (TPSA) is 66.8 Å². The van der Waals surface area contributed by atoms with Gasteiger partial charge in [0.15, 0.2) is 0 Å². The van der Waals surface area contributed by atoms with Crippen LogP contribution in [0, 0.1) is 5.92 Å². The maximum Gasteiger partial charge on any atom is 0.344 e. The highest BCUT2D eigenvalue weighted by atomic mass is 32.2. The lowest BCUT2D eigenvalue weighted by molar-refractivity contribution is -0.137. The lowest BCUT2D eigenvalue weighted by Crippen LogP contribution is -2.52. The van der Waals surface area contributed by atoms with E-state index in [2.05, 4.69) is 0 Å². The van der Waals surface area contributed by atoms with Crippen molar-refractivity contribution < 1.29 is 19.7 Å². The molecule has 1 aliphatic heterocycles. The molecule has 0 amide bonds. The van der Waals surface area contributed by atoms with Crippen molar-refractivity contribution in [3.8, 4) is 0 Å². The van der Waals surface area contributed by atoms with Gasteiger partial charge in [0.2, 0.25) is 0 Å². The fraction of sp³-hybridized carbons (Fsp3) is 0.842. The molecule has 4 nitrogen and oxygen atoms in total. The van der Waals surface area contributed by atoms with Crippen molar-refractivity contribution in [3.63, 3.8) is 0 Å². The van der Waals surface area contributed by atoms with E-state index in [4.69, 9.17) is 4.74 Å². The van der Waals surface area contributed by atoms with Gasteiger partial charge < -0.3 is 14.9 Å². The molecule has 0 radical (unpaired) electrons. The molecule has 0 unspecified atom stereocenters. The van der Waals surface area contributed by atoms with Gasteiger partial charge in [-0.1, -0.05) is 44.6 Å². The maximum absolute atomic E-state index is 12.2. The van der Waals surface area contributed by atoms with E-state index in [-0.39, 0.29) is 17.1 Å². The summed E-state index contributed by atoms with van der Waals surface area (Å²) < 4.78 is 5.17. The average molecular weight is 355 g/mol. The highest BCUT2D eigenvalue weighted by Gasteiger charge is 2.53. The Labute approximate surface area is 149 Å². The van der Waals surface area contributed by atoms with E-state index < -0.39 is 11.2 Å². The van der Waals surface area contributed by atoms with Gasteiger partial charge in [0.1, 0.15) is 0 Å². The molecule has 0 saturated heterocycles. The third-order valence-electron chi connectivity index (χ3n) is 5.98. The Balaban J connectivity index is 1.87. The minimum Gasteiger partial charge on any atom is -0.462 e. The molecule has 0 bridgehead atoms. The summed E-state index contributed by atoms with van der Waals surface area (Å²) in [6.07, 6.45) is 11.4. The van der Waals surface area contributed by atoms with Gasteiger partial charge in [-0.05, 0) is 32.6 Å². The minimum absolute atomic E-state index is 0.139. The molecule has 24 heavy (non-hydrogen) atoms. The first kappa shape index (κ1) is 18.3. The second-order valence-corrected chi connectivity index (χ2v) is 8.83. The van der Waals surface area contributed by atoms with E-state index in [9.17, 15) is 15.0 Å². The van der Waals surface area contributed by atoms with Crippen LogP contribution in [0.25, 0.3) is 0 Å². The molecular formula is C19H30O4S. The van der Waals surface area contributed by atoms with Gasteiger partial charge in [-0.2, -0.15) is 0 Å². The van der Waals surface area contributed by atoms with E-state index >= 15 is 0 Å². The molecule has 0 aromatic rings. The van der Waals surface area contributed by atoms with E-state index in [0.717, 1.165) is 64.2 Å². The Hall–Kier alpha value is -0.520. The normalized spacial score (nSPS) is 32.2. The van der Waals surface area contributed by atoms with Crippen molar-refractivity contribution in [3.05, 3.63) is 11.0 Å². The first-order valence-corrected chi connectivity index (χ1v) is 10.4. The predicted octanol–water partition coefficient (Wildman–Crippen LogP) is 3.56. The monoisotopic (exact) mass is 354 g/mol. The van der Waals surface area contributed by atoms with E-state index in [1.54, 1.807) is 6.92 Å². The highest BCUT2D eigenvalue weighted by molar-refractivity contribution is 8.04. The van der Waals surface area contributed by atoms with Crippen molar-refractivity contribution in [2.45, 2.75) is 87.6 Å². The van der Waals surface area contributed by atoms with Crippen LogP contribution in [0.1, 0.15) is 71.1 Å². The Kier molecular flexibility index (Phi) is 5.62. The summed E-state index contributed by atoms with van der Waals surface area (Å²) in [5.74, 6) is -0.473. The summed E-state index contributed by atoms with van der Waals surface area (Å²) in [7, 11) is 0. The molecule has 0 aromatic heterocycles. The fourth-order valence-corrected chi connectivity index (χ4v) is 6.23. The van der Waals surface area contributed by atoms with Gasteiger partial charge >= 0.3 is 5.97 Å². The Morgan fingerprint density at radius 3 is 2.17 bits per heavy atom. The molecule has 1 heterocycles. The zero-order valence-electron chi connectivity index (χ0n) is 14.6. The van der Waals surface area contributed by atoms with Gasteiger partial charge in [-0.15, -0.1) is 11.8 Å². The molecule has 0 spiro atoms. The Morgan fingerprint density at radius 2 is 1.62 bits per heavy atom. The van der Waals surface area contributed by atoms with Crippen LogP contribution in [0.3, 0.4) is 0 Å².